The Morgan fingerprint density at radius 3 is 2.91 bits per heavy atom. The third kappa shape index (κ3) is 5.42. The summed E-state index contributed by atoms with van der Waals surface area (Å²) in [6.45, 7) is 5.11. The molecule has 2 aromatic rings. The lowest BCUT2D eigenvalue weighted by molar-refractivity contribution is 0.0946. The fourth-order valence-corrected chi connectivity index (χ4v) is 2.98. The minimum atomic E-state index is -0.138. The molecule has 0 spiro atoms. The van der Waals surface area contributed by atoms with Crippen LogP contribution in [-0.2, 0) is 19.5 Å². The number of rotatable bonds is 8. The van der Waals surface area contributed by atoms with Crippen molar-refractivity contribution in [3.8, 4) is 0 Å². The van der Waals surface area contributed by atoms with Gasteiger partial charge in [0.05, 0.1) is 5.01 Å². The van der Waals surface area contributed by atoms with E-state index in [9.17, 15) is 4.79 Å². The summed E-state index contributed by atoms with van der Waals surface area (Å²) < 4.78 is 0. The molecule has 1 amide bonds. The number of thiazole rings is 1. The Hall–Kier alpha value is -1.76. The topological polar surface area (TPSA) is 71.2 Å². The van der Waals surface area contributed by atoms with Crippen molar-refractivity contribution in [2.24, 2.45) is 5.73 Å². The number of hydrogen-bond acceptors (Lipinski definition) is 5. The number of nitrogens with one attached hydrogen (secondary N) is 1. The smallest absolute Gasteiger partial charge is 0.271 e. The van der Waals surface area contributed by atoms with E-state index in [1.54, 1.807) is 5.38 Å². The van der Waals surface area contributed by atoms with Crippen LogP contribution in [0.1, 0.15) is 33.5 Å². The quantitative estimate of drug-likeness (QED) is 0.776. The van der Waals surface area contributed by atoms with Crippen molar-refractivity contribution in [2.45, 2.75) is 26.4 Å². The summed E-state index contributed by atoms with van der Waals surface area (Å²) in [6, 6.07) is 8.30. The van der Waals surface area contributed by atoms with Crippen molar-refractivity contribution in [1.29, 1.82) is 0 Å². The molecule has 1 aromatic heterocycles. The monoisotopic (exact) mass is 332 g/mol. The van der Waals surface area contributed by atoms with Gasteiger partial charge in [0.1, 0.15) is 5.69 Å². The first-order valence-electron chi connectivity index (χ1n) is 7.81. The Balaban J connectivity index is 1.91. The number of aromatic nitrogens is 1. The van der Waals surface area contributed by atoms with Gasteiger partial charge < -0.3 is 16.0 Å². The lowest BCUT2D eigenvalue weighted by Crippen LogP contribution is -2.23. The summed E-state index contributed by atoms with van der Waals surface area (Å²) >= 11 is 1.48. The van der Waals surface area contributed by atoms with Gasteiger partial charge in [0.25, 0.3) is 5.91 Å². The van der Waals surface area contributed by atoms with Crippen molar-refractivity contribution in [3.63, 3.8) is 0 Å². The molecule has 2 rings (SSSR count). The Kier molecular flexibility index (Phi) is 6.70. The van der Waals surface area contributed by atoms with Gasteiger partial charge in [0.2, 0.25) is 0 Å². The molecule has 0 unspecified atom stereocenters. The first kappa shape index (κ1) is 17.6. The molecular formula is C17H24N4OS. The second-order valence-electron chi connectivity index (χ2n) is 5.50. The fraction of sp³-hybridized carbons (Fsp3) is 0.412. The molecule has 0 atom stereocenters. The van der Waals surface area contributed by atoms with Crippen LogP contribution in [0.3, 0.4) is 0 Å². The van der Waals surface area contributed by atoms with Crippen molar-refractivity contribution in [1.82, 2.24) is 15.2 Å². The van der Waals surface area contributed by atoms with Crippen LogP contribution in [0, 0.1) is 0 Å². The van der Waals surface area contributed by atoms with E-state index in [-0.39, 0.29) is 5.91 Å². The van der Waals surface area contributed by atoms with E-state index in [2.05, 4.69) is 41.3 Å². The highest BCUT2D eigenvalue weighted by Gasteiger charge is 2.10. The van der Waals surface area contributed by atoms with E-state index in [1.807, 2.05) is 12.1 Å². The molecule has 6 heteroatoms. The number of benzene rings is 1. The minimum absolute atomic E-state index is 0.138. The predicted octanol–water partition coefficient (Wildman–Crippen LogP) is 2.03. The van der Waals surface area contributed by atoms with Crippen LogP contribution in [0.2, 0.25) is 0 Å². The van der Waals surface area contributed by atoms with Crippen LogP contribution in [-0.4, -0.2) is 35.9 Å². The summed E-state index contributed by atoms with van der Waals surface area (Å²) in [7, 11) is 2.09. The summed E-state index contributed by atoms with van der Waals surface area (Å²) in [4.78, 5) is 18.7. The molecule has 0 aliphatic rings. The van der Waals surface area contributed by atoms with Crippen LogP contribution in [0.15, 0.2) is 29.6 Å². The summed E-state index contributed by atoms with van der Waals surface area (Å²) in [5.41, 5.74) is 8.32. The van der Waals surface area contributed by atoms with Gasteiger partial charge in [-0.05, 0) is 31.3 Å². The average Bonchev–Trinajstić information content (AvgIpc) is 3.02. The normalized spacial score (nSPS) is 11.0. The van der Waals surface area contributed by atoms with Crippen molar-refractivity contribution in [2.75, 3.05) is 20.1 Å². The summed E-state index contributed by atoms with van der Waals surface area (Å²) in [5, 5.41) is 5.62. The van der Waals surface area contributed by atoms with Gasteiger partial charge in [-0.3, -0.25) is 4.79 Å². The number of hydrogen-bond donors (Lipinski definition) is 2. The maximum Gasteiger partial charge on any atom is 0.271 e. The van der Waals surface area contributed by atoms with Gasteiger partial charge in [-0.25, -0.2) is 4.98 Å². The van der Waals surface area contributed by atoms with E-state index in [0.717, 1.165) is 23.7 Å². The molecule has 5 nitrogen and oxygen atoms in total. The first-order chi connectivity index (χ1) is 11.1. The van der Waals surface area contributed by atoms with Gasteiger partial charge >= 0.3 is 0 Å². The molecule has 1 aromatic carbocycles. The molecule has 0 saturated heterocycles. The molecule has 0 aliphatic carbocycles. The Bertz CT molecular complexity index is 641. The number of amides is 1. The predicted molar refractivity (Wildman–Crippen MR) is 94.5 cm³/mol. The number of carbonyl (C=O) groups excluding carboxylic acids is 1. The Morgan fingerprint density at radius 1 is 1.39 bits per heavy atom. The largest absolute Gasteiger partial charge is 0.347 e. The van der Waals surface area contributed by atoms with Gasteiger partial charge in [-0.1, -0.05) is 31.2 Å². The van der Waals surface area contributed by atoms with E-state index < -0.39 is 0 Å². The van der Waals surface area contributed by atoms with Crippen LogP contribution >= 0.6 is 11.3 Å². The number of nitrogens with zero attached hydrogens (tertiary/aromatic N) is 2. The van der Waals surface area contributed by atoms with Crippen LogP contribution in [0.5, 0.6) is 0 Å². The lowest BCUT2D eigenvalue weighted by atomic mass is 10.1. The van der Waals surface area contributed by atoms with Gasteiger partial charge in [-0.15, -0.1) is 11.3 Å². The van der Waals surface area contributed by atoms with E-state index in [4.69, 9.17) is 5.73 Å². The second kappa shape index (κ2) is 8.76. The first-order valence-corrected chi connectivity index (χ1v) is 8.69. The van der Waals surface area contributed by atoms with Crippen LogP contribution < -0.4 is 11.1 Å². The number of nitrogens with two attached hydrogens (primary N) is 1. The molecule has 0 radical (unpaired) electrons. The SMILES string of the molecule is CCN(C)Cc1cccc(CNC(=O)c2csc(CCN)n2)c1. The zero-order valence-electron chi connectivity index (χ0n) is 13.7. The highest BCUT2D eigenvalue weighted by atomic mass is 32.1. The molecule has 0 bridgehead atoms. The fourth-order valence-electron chi connectivity index (χ4n) is 2.19. The van der Waals surface area contributed by atoms with Gasteiger partial charge in [0, 0.05) is 24.9 Å². The zero-order chi connectivity index (χ0) is 16.7. The molecule has 23 heavy (non-hydrogen) atoms. The third-order valence-electron chi connectivity index (χ3n) is 3.58. The number of carbonyl (C=O) groups is 1. The average molecular weight is 332 g/mol. The summed E-state index contributed by atoms with van der Waals surface area (Å²) in [5.74, 6) is -0.138. The van der Waals surface area contributed by atoms with Crippen molar-refractivity contribution in [3.05, 3.63) is 51.5 Å². The van der Waals surface area contributed by atoms with Crippen molar-refractivity contribution >= 4 is 17.2 Å². The van der Waals surface area contributed by atoms with E-state index in [0.29, 0.717) is 25.2 Å². The van der Waals surface area contributed by atoms with Gasteiger partial charge in [0.15, 0.2) is 0 Å². The third-order valence-corrected chi connectivity index (χ3v) is 4.49. The van der Waals surface area contributed by atoms with E-state index in [1.165, 1.54) is 16.9 Å². The maximum atomic E-state index is 12.1. The molecule has 1 heterocycles. The molecule has 0 fully saturated rings. The standard InChI is InChI=1S/C17H24N4OS/c1-3-21(2)11-14-6-4-5-13(9-14)10-19-17(22)15-12-23-16(20-15)7-8-18/h4-6,9,12H,3,7-8,10-11,18H2,1-2H3,(H,19,22). The van der Waals surface area contributed by atoms with Crippen LogP contribution in [0.4, 0.5) is 0 Å². The molecule has 0 aliphatic heterocycles. The van der Waals surface area contributed by atoms with Gasteiger partial charge in [-0.2, -0.15) is 0 Å². The lowest BCUT2D eigenvalue weighted by Gasteiger charge is -2.14. The highest BCUT2D eigenvalue weighted by molar-refractivity contribution is 7.09. The molecule has 0 saturated carbocycles. The second-order valence-corrected chi connectivity index (χ2v) is 6.44. The van der Waals surface area contributed by atoms with Crippen LogP contribution in [0.25, 0.3) is 0 Å². The Morgan fingerprint density at radius 2 is 2.17 bits per heavy atom. The van der Waals surface area contributed by atoms with E-state index >= 15 is 0 Å². The Labute approximate surface area is 141 Å². The minimum Gasteiger partial charge on any atom is -0.347 e. The maximum absolute atomic E-state index is 12.1. The molecule has 3 N–H and O–H groups in total. The van der Waals surface area contributed by atoms with Crippen molar-refractivity contribution < 1.29 is 4.79 Å². The summed E-state index contributed by atoms with van der Waals surface area (Å²) in [6.07, 6.45) is 0.713. The molecule has 124 valence electrons. The molecular weight excluding hydrogens is 308 g/mol. The zero-order valence-corrected chi connectivity index (χ0v) is 14.5. The highest BCUT2D eigenvalue weighted by Crippen LogP contribution is 2.11.